The van der Waals surface area contributed by atoms with Gasteiger partial charge in [-0.25, -0.2) is 9.78 Å². The molecule has 1 aromatic carbocycles. The number of fused-ring (bicyclic) bond motifs is 1. The van der Waals surface area contributed by atoms with Gasteiger partial charge in [-0.3, -0.25) is 4.98 Å². The average Bonchev–Trinajstić information content (AvgIpc) is 3.69. The molecule has 2 saturated carbocycles. The largest absolute Gasteiger partial charge is 0.423 e. The Kier molecular flexibility index (Phi) is 4.50. The minimum Gasteiger partial charge on any atom is -0.423 e. The Balaban J connectivity index is 1.31. The Labute approximate surface area is 182 Å². The third kappa shape index (κ3) is 3.59. The third-order valence-corrected chi connectivity index (χ3v) is 8.15. The summed E-state index contributed by atoms with van der Waals surface area (Å²) in [6.07, 6.45) is 11.1. The summed E-state index contributed by atoms with van der Waals surface area (Å²) in [5, 5.41) is 0.911. The lowest BCUT2D eigenvalue weighted by molar-refractivity contribution is 0.546. The molecular weight excluding hydrogens is 412 g/mol. The van der Waals surface area contributed by atoms with Gasteiger partial charge >= 0.3 is 5.63 Å². The van der Waals surface area contributed by atoms with Crippen molar-refractivity contribution < 1.29 is 4.42 Å². The van der Waals surface area contributed by atoms with E-state index in [4.69, 9.17) is 9.40 Å². The molecule has 0 N–H and O–H groups in total. The van der Waals surface area contributed by atoms with E-state index in [2.05, 4.69) is 17.2 Å². The first-order chi connectivity index (χ1) is 14.7. The van der Waals surface area contributed by atoms with Crippen molar-refractivity contribution in [2.75, 3.05) is 0 Å². The number of hydrogen-bond acceptors (Lipinski definition) is 6. The number of pyridine rings is 1. The van der Waals surface area contributed by atoms with E-state index in [-0.39, 0.29) is 5.63 Å². The number of thiazole rings is 1. The average molecular weight is 433 g/mol. The van der Waals surface area contributed by atoms with Gasteiger partial charge in [0.15, 0.2) is 4.34 Å². The normalized spacial score (nSPS) is 16.4. The molecule has 0 amide bonds. The fourth-order valence-electron chi connectivity index (χ4n) is 4.30. The molecule has 0 radical (unpaired) electrons. The van der Waals surface area contributed by atoms with Crippen molar-refractivity contribution in [3.05, 3.63) is 70.3 Å². The molecule has 4 aromatic rings. The Morgan fingerprint density at radius 2 is 1.90 bits per heavy atom. The second-order valence-corrected chi connectivity index (χ2v) is 10.6. The maximum absolute atomic E-state index is 12.2. The minimum absolute atomic E-state index is 0.350. The van der Waals surface area contributed by atoms with E-state index in [0.717, 1.165) is 43.5 Å². The molecule has 0 bridgehead atoms. The molecule has 0 aliphatic heterocycles. The molecule has 2 aliphatic rings. The topological polar surface area (TPSA) is 56.0 Å². The van der Waals surface area contributed by atoms with Crippen LogP contribution in [0.2, 0.25) is 0 Å². The lowest BCUT2D eigenvalue weighted by atomic mass is 9.97. The van der Waals surface area contributed by atoms with Crippen LogP contribution in [0.25, 0.3) is 22.1 Å². The summed E-state index contributed by atoms with van der Waals surface area (Å²) < 4.78 is 6.58. The van der Waals surface area contributed by atoms with Crippen LogP contribution in [0.3, 0.4) is 0 Å². The highest BCUT2D eigenvalue weighted by Gasteiger charge is 2.43. The highest BCUT2D eigenvalue weighted by atomic mass is 32.2. The van der Waals surface area contributed by atoms with Gasteiger partial charge in [-0.2, -0.15) is 0 Å². The smallest absolute Gasteiger partial charge is 0.336 e. The summed E-state index contributed by atoms with van der Waals surface area (Å²) in [4.78, 5) is 23.5. The van der Waals surface area contributed by atoms with E-state index in [1.54, 1.807) is 24.2 Å². The maximum Gasteiger partial charge on any atom is 0.336 e. The van der Waals surface area contributed by atoms with Gasteiger partial charge in [0.25, 0.3) is 0 Å². The van der Waals surface area contributed by atoms with Crippen molar-refractivity contribution in [3.63, 3.8) is 0 Å². The van der Waals surface area contributed by atoms with Crippen molar-refractivity contribution in [2.45, 2.75) is 40.8 Å². The molecule has 0 unspecified atom stereocenters. The highest BCUT2D eigenvalue weighted by molar-refractivity contribution is 8.01. The molecule has 0 saturated heterocycles. The predicted molar refractivity (Wildman–Crippen MR) is 120 cm³/mol. The van der Waals surface area contributed by atoms with E-state index >= 15 is 0 Å². The molecule has 2 aliphatic carbocycles. The van der Waals surface area contributed by atoms with Crippen LogP contribution in [-0.4, -0.2) is 9.97 Å². The van der Waals surface area contributed by atoms with Crippen LogP contribution < -0.4 is 5.63 Å². The Hall–Kier alpha value is -2.44. The summed E-state index contributed by atoms with van der Waals surface area (Å²) in [5.74, 6) is 2.50. The molecule has 4 nitrogen and oxygen atoms in total. The van der Waals surface area contributed by atoms with Crippen LogP contribution in [0.15, 0.2) is 73.4 Å². The van der Waals surface area contributed by atoms with Crippen LogP contribution in [0, 0.1) is 11.8 Å². The molecule has 3 heterocycles. The van der Waals surface area contributed by atoms with E-state index in [1.807, 2.05) is 35.6 Å². The Morgan fingerprint density at radius 3 is 2.63 bits per heavy atom. The quantitative estimate of drug-likeness (QED) is 0.332. The van der Waals surface area contributed by atoms with Crippen LogP contribution in [0.5, 0.6) is 0 Å². The van der Waals surface area contributed by atoms with Crippen molar-refractivity contribution >= 4 is 34.1 Å². The number of aromatic nitrogens is 2. The summed E-state index contributed by atoms with van der Waals surface area (Å²) in [5.41, 5.74) is 2.00. The summed E-state index contributed by atoms with van der Waals surface area (Å²) in [6.45, 7) is 0. The summed E-state index contributed by atoms with van der Waals surface area (Å²) in [7, 11) is 0. The number of nitrogens with zero attached hydrogens (tertiary/aromatic N) is 2. The van der Waals surface area contributed by atoms with E-state index in [0.29, 0.717) is 5.58 Å². The molecule has 0 spiro atoms. The second-order valence-electron chi connectivity index (χ2n) is 8.21. The lowest BCUT2D eigenvalue weighted by Gasteiger charge is -2.11. The van der Waals surface area contributed by atoms with Crippen LogP contribution >= 0.6 is 23.1 Å². The van der Waals surface area contributed by atoms with Gasteiger partial charge in [0, 0.05) is 56.9 Å². The second kappa shape index (κ2) is 7.36. The van der Waals surface area contributed by atoms with Crippen molar-refractivity contribution in [1.82, 2.24) is 9.97 Å². The zero-order valence-electron chi connectivity index (χ0n) is 16.3. The SMILES string of the molecule is O=c1cc(-c2cccnc2)c2ccc(Sc3ncc(C(C4CC4)C4CC4)s3)cc2o1. The van der Waals surface area contributed by atoms with E-state index < -0.39 is 0 Å². The van der Waals surface area contributed by atoms with Gasteiger partial charge in [0.2, 0.25) is 0 Å². The summed E-state index contributed by atoms with van der Waals surface area (Å²) in [6, 6.07) is 11.4. The van der Waals surface area contributed by atoms with Gasteiger partial charge in [0.1, 0.15) is 5.58 Å². The fourth-order valence-corrected chi connectivity index (χ4v) is 6.59. The monoisotopic (exact) mass is 432 g/mol. The third-order valence-electron chi connectivity index (χ3n) is 5.98. The van der Waals surface area contributed by atoms with Crippen molar-refractivity contribution in [3.8, 4) is 11.1 Å². The van der Waals surface area contributed by atoms with E-state index in [1.165, 1.54) is 36.6 Å². The predicted octanol–water partition coefficient (Wildman–Crippen LogP) is 6.37. The zero-order chi connectivity index (χ0) is 20.1. The molecule has 6 rings (SSSR count). The highest BCUT2D eigenvalue weighted by Crippen LogP contribution is 2.56. The Morgan fingerprint density at radius 1 is 1.07 bits per heavy atom. The van der Waals surface area contributed by atoms with Gasteiger partial charge in [0.05, 0.1) is 0 Å². The summed E-state index contributed by atoms with van der Waals surface area (Å²) >= 11 is 3.48. The molecule has 2 fully saturated rings. The lowest BCUT2D eigenvalue weighted by Crippen LogP contribution is -2.00. The van der Waals surface area contributed by atoms with Gasteiger partial charge in [-0.15, -0.1) is 11.3 Å². The molecule has 0 atom stereocenters. The maximum atomic E-state index is 12.2. The first-order valence-corrected chi connectivity index (χ1v) is 12.0. The number of hydrogen-bond donors (Lipinski definition) is 0. The molecule has 150 valence electrons. The first-order valence-electron chi connectivity index (χ1n) is 10.4. The molecule has 30 heavy (non-hydrogen) atoms. The Bertz CT molecular complexity index is 1260. The van der Waals surface area contributed by atoms with Crippen LogP contribution in [0.4, 0.5) is 0 Å². The van der Waals surface area contributed by atoms with Crippen LogP contribution in [-0.2, 0) is 0 Å². The first kappa shape index (κ1) is 18.3. The number of rotatable bonds is 6. The van der Waals surface area contributed by atoms with Gasteiger partial charge in [-0.1, -0.05) is 17.8 Å². The van der Waals surface area contributed by atoms with Crippen LogP contribution in [0.1, 0.15) is 36.5 Å². The van der Waals surface area contributed by atoms with Crippen molar-refractivity contribution in [1.29, 1.82) is 0 Å². The fraction of sp³-hybridized carbons (Fsp3) is 0.292. The van der Waals surface area contributed by atoms with E-state index in [9.17, 15) is 4.79 Å². The number of benzene rings is 1. The zero-order valence-corrected chi connectivity index (χ0v) is 17.9. The van der Waals surface area contributed by atoms with Gasteiger partial charge in [-0.05, 0) is 61.8 Å². The van der Waals surface area contributed by atoms with Gasteiger partial charge < -0.3 is 4.42 Å². The molecular formula is C24H20N2O2S2. The standard InChI is InChI=1S/C24H20N2O2S2/c27-22-11-19(16-2-1-9-25-12-16)18-8-7-17(10-20(18)28-22)29-24-26-13-21(30-24)23(14-3-4-14)15-5-6-15/h1-2,7-15,23H,3-6H2. The molecule has 6 heteroatoms. The van der Waals surface area contributed by atoms with Crippen molar-refractivity contribution in [2.24, 2.45) is 11.8 Å². The minimum atomic E-state index is -0.350. The molecule has 3 aromatic heterocycles.